The number of carboxylic acid groups (broad SMARTS) is 2. The van der Waals surface area contributed by atoms with E-state index in [0.717, 1.165) is 7.11 Å². The van der Waals surface area contributed by atoms with Gasteiger partial charge in [0.2, 0.25) is 0 Å². The Bertz CT molecular complexity index is 485. The molecule has 0 saturated carbocycles. The van der Waals surface area contributed by atoms with Gasteiger partial charge in [0.05, 0.1) is 7.11 Å². The van der Waals surface area contributed by atoms with Crippen LogP contribution in [-0.2, 0) is 9.40 Å². The van der Waals surface area contributed by atoms with E-state index in [1.165, 1.54) is 33.9 Å². The van der Waals surface area contributed by atoms with Crippen molar-refractivity contribution in [1.82, 2.24) is 31.6 Å². The van der Waals surface area contributed by atoms with Crippen LogP contribution in [0.5, 0.6) is 0 Å². The highest BCUT2D eigenvalue weighted by Crippen LogP contribution is 2.29. The van der Waals surface area contributed by atoms with Crippen molar-refractivity contribution in [2.24, 2.45) is 0 Å². The maximum absolute atomic E-state index is 11.9. The third kappa shape index (κ3) is 14.2. The minimum atomic E-state index is -4.48. The fourth-order valence-corrected chi connectivity index (χ4v) is 1.87. The molecule has 15 heteroatoms. The van der Waals surface area contributed by atoms with Crippen molar-refractivity contribution >= 4 is 31.8 Å². The monoisotopic (exact) mass is 371 g/mol. The second-order valence-electron chi connectivity index (χ2n) is 3.75. The number of nitrogens with one attached hydrogen (secondary N) is 6. The summed E-state index contributed by atoms with van der Waals surface area (Å²) < 4.78 is 11.9. The fraction of sp³-hybridized carbons (Fsp3) is 0.556. The van der Waals surface area contributed by atoms with Gasteiger partial charge in [-0.1, -0.05) is 26.7 Å². The molecule has 1 atom stereocenters. The normalized spacial score (nSPS) is 11.5. The van der Waals surface area contributed by atoms with Crippen molar-refractivity contribution in [2.75, 3.05) is 7.11 Å². The standard InChI is InChI=1S/C5H11N6O8P.C4H10/c1-19-8-3(13)10-20(18,11-5(16)17)9-2(12)6-7-4(14)15;1-3-4-2/h7H,1H3,(H,14,15)(H,16,17)(H5,6,8,9,10,11,12,13,18);3-4H2,1-2H3/p-1. The lowest BCUT2D eigenvalue weighted by Gasteiger charge is -2.20. The van der Waals surface area contributed by atoms with E-state index in [1.54, 1.807) is 10.6 Å². The lowest BCUT2D eigenvalue weighted by molar-refractivity contribution is -0.251. The average molecular weight is 371 g/mol. The molecule has 14 nitrogen and oxygen atoms in total. The van der Waals surface area contributed by atoms with Crippen molar-refractivity contribution in [3.63, 3.8) is 0 Å². The molecular weight excluding hydrogens is 351 g/mol. The smallest absolute Gasteiger partial charge is 0.412 e. The van der Waals surface area contributed by atoms with E-state index in [0.29, 0.717) is 0 Å². The van der Waals surface area contributed by atoms with Gasteiger partial charge in [0.15, 0.2) is 6.09 Å². The van der Waals surface area contributed by atoms with Gasteiger partial charge in [-0.2, -0.15) is 0 Å². The fourth-order valence-electron chi connectivity index (χ4n) is 0.756. The van der Waals surface area contributed by atoms with E-state index in [2.05, 4.69) is 18.7 Å². The van der Waals surface area contributed by atoms with Crippen LogP contribution in [0, 0.1) is 0 Å². The molecule has 0 aliphatic carbocycles. The minimum absolute atomic E-state index is 1.04. The molecule has 0 aliphatic heterocycles. The van der Waals surface area contributed by atoms with Crippen LogP contribution in [0.1, 0.15) is 26.7 Å². The van der Waals surface area contributed by atoms with Gasteiger partial charge in [-0.15, -0.1) is 0 Å². The molecule has 0 aliphatic rings. The minimum Gasteiger partial charge on any atom is -0.529 e. The highest BCUT2D eigenvalue weighted by molar-refractivity contribution is 7.59. The van der Waals surface area contributed by atoms with Crippen LogP contribution < -0.4 is 36.7 Å². The molecule has 0 aromatic carbocycles. The van der Waals surface area contributed by atoms with Gasteiger partial charge in [-0.3, -0.25) is 25.9 Å². The molecule has 0 aromatic rings. The number of rotatable bonds is 5. The third-order valence-corrected chi connectivity index (χ3v) is 3.29. The lowest BCUT2D eigenvalue weighted by atomic mass is 10.4. The number of unbranched alkanes of at least 4 members (excludes halogenated alkanes) is 1. The van der Waals surface area contributed by atoms with E-state index in [1.807, 2.05) is 0 Å². The Labute approximate surface area is 137 Å². The summed E-state index contributed by atoms with van der Waals surface area (Å²) in [6.07, 6.45) is -1.08. The Morgan fingerprint density at radius 2 is 1.50 bits per heavy atom. The van der Waals surface area contributed by atoms with E-state index in [4.69, 9.17) is 5.11 Å². The van der Waals surface area contributed by atoms with Crippen LogP contribution in [0.15, 0.2) is 0 Å². The first-order valence-electron chi connectivity index (χ1n) is 6.37. The molecule has 0 radical (unpaired) electrons. The second kappa shape index (κ2) is 12.8. The molecule has 0 fully saturated rings. The number of hydrazine groups is 1. The SMILES string of the molecule is CCCC.CONC(=O)NP(=O)(NC(=O)O)NC(=O)NNC(=O)[O-]. The van der Waals surface area contributed by atoms with Gasteiger partial charge in [0.25, 0.3) is 0 Å². The first-order valence-corrected chi connectivity index (χ1v) is 8.08. The maximum Gasteiger partial charge on any atom is 0.412 e. The van der Waals surface area contributed by atoms with Gasteiger partial charge >= 0.3 is 25.7 Å². The van der Waals surface area contributed by atoms with Crippen LogP contribution in [0.3, 0.4) is 0 Å². The van der Waals surface area contributed by atoms with Crippen LogP contribution in [-0.4, -0.2) is 36.5 Å². The van der Waals surface area contributed by atoms with Gasteiger partial charge in [-0.25, -0.2) is 29.5 Å². The summed E-state index contributed by atoms with van der Waals surface area (Å²) in [7, 11) is -3.44. The summed E-state index contributed by atoms with van der Waals surface area (Å²) >= 11 is 0. The average Bonchev–Trinajstić information content (AvgIpc) is 2.44. The zero-order chi connectivity index (χ0) is 19.2. The summed E-state index contributed by atoms with van der Waals surface area (Å²) in [5.41, 5.74) is 4.39. The zero-order valence-electron chi connectivity index (χ0n) is 13.2. The summed E-state index contributed by atoms with van der Waals surface area (Å²) in [6.45, 7) is 4.36. The Morgan fingerprint density at radius 3 is 1.88 bits per heavy atom. The number of carbonyl (C=O) groups is 4. The molecule has 0 saturated heterocycles. The molecule has 0 bridgehead atoms. The summed E-state index contributed by atoms with van der Waals surface area (Å²) in [5.74, 6) is 0. The molecule has 1 unspecified atom stereocenters. The first-order chi connectivity index (χ1) is 11.1. The third-order valence-electron chi connectivity index (χ3n) is 1.74. The Hall–Kier alpha value is -2.73. The number of hydrogen-bond acceptors (Lipinski definition) is 7. The Kier molecular flexibility index (Phi) is 12.5. The second-order valence-corrected chi connectivity index (χ2v) is 5.64. The lowest BCUT2D eigenvalue weighted by Crippen LogP contribution is -2.53. The molecular formula is C9H20N6O8P-. The van der Waals surface area contributed by atoms with Crippen molar-refractivity contribution in [1.29, 1.82) is 0 Å². The van der Waals surface area contributed by atoms with Crippen LogP contribution in [0.2, 0.25) is 0 Å². The van der Waals surface area contributed by atoms with Crippen molar-refractivity contribution in [3.8, 4) is 0 Å². The van der Waals surface area contributed by atoms with Crippen LogP contribution in [0.25, 0.3) is 0 Å². The van der Waals surface area contributed by atoms with E-state index in [-0.39, 0.29) is 0 Å². The quantitative estimate of drug-likeness (QED) is 0.239. The first kappa shape index (κ1) is 23.5. The summed E-state index contributed by atoms with van der Waals surface area (Å²) in [5, 5.41) is 22.8. The van der Waals surface area contributed by atoms with E-state index < -0.39 is 31.8 Å². The molecule has 0 rings (SSSR count). The maximum atomic E-state index is 11.9. The zero-order valence-corrected chi connectivity index (χ0v) is 14.1. The predicted octanol–water partition coefficient (Wildman–Crippen LogP) is -0.824. The molecule has 24 heavy (non-hydrogen) atoms. The van der Waals surface area contributed by atoms with Crippen LogP contribution in [0.4, 0.5) is 19.2 Å². The summed E-state index contributed by atoms with van der Waals surface area (Å²) in [6, 6.07) is -2.67. The topological polar surface area (TPSA) is 210 Å². The highest BCUT2D eigenvalue weighted by Gasteiger charge is 2.29. The van der Waals surface area contributed by atoms with Gasteiger partial charge in [-0.05, 0) is 0 Å². The van der Waals surface area contributed by atoms with E-state index >= 15 is 0 Å². The van der Waals surface area contributed by atoms with Gasteiger partial charge in [0, 0.05) is 0 Å². The van der Waals surface area contributed by atoms with E-state index in [9.17, 15) is 28.8 Å². The van der Waals surface area contributed by atoms with Crippen molar-refractivity contribution in [3.05, 3.63) is 0 Å². The number of hydroxylamine groups is 1. The molecule has 7 N–H and O–H groups in total. The molecule has 6 amide bonds. The number of urea groups is 2. The van der Waals surface area contributed by atoms with Crippen molar-refractivity contribution in [2.45, 2.75) is 26.7 Å². The Morgan fingerprint density at radius 1 is 1.00 bits per heavy atom. The predicted molar refractivity (Wildman–Crippen MR) is 78.2 cm³/mol. The van der Waals surface area contributed by atoms with Gasteiger partial charge in [0.1, 0.15) is 0 Å². The number of hydrogen-bond donors (Lipinski definition) is 7. The van der Waals surface area contributed by atoms with Crippen molar-refractivity contribution < 1.29 is 38.8 Å². The molecule has 0 aromatic heterocycles. The summed E-state index contributed by atoms with van der Waals surface area (Å²) in [4.78, 5) is 46.7. The molecule has 0 spiro atoms. The molecule has 140 valence electrons. The number of carbonyl (C=O) groups excluding carboxylic acids is 3. The highest BCUT2D eigenvalue weighted by atomic mass is 31.2. The molecule has 0 heterocycles. The largest absolute Gasteiger partial charge is 0.529 e. The Balaban J connectivity index is 0. The van der Waals surface area contributed by atoms with Gasteiger partial charge < -0.3 is 15.0 Å². The number of amides is 6. The van der Waals surface area contributed by atoms with Crippen LogP contribution >= 0.6 is 7.59 Å².